The Morgan fingerprint density at radius 1 is 0.857 bits per heavy atom. The Hall–Kier alpha value is -2.65. The second-order valence-electron chi connectivity index (χ2n) is 8.09. The molecule has 3 aromatic rings. The van der Waals surface area contributed by atoms with Crippen LogP contribution in [0.2, 0.25) is 0 Å². The third-order valence-electron chi connectivity index (χ3n) is 6.17. The first-order chi connectivity index (χ1) is 13.8. The van der Waals surface area contributed by atoms with Crippen molar-refractivity contribution >= 4 is 16.7 Å². The minimum Gasteiger partial charge on any atom is -0.333 e. The van der Waals surface area contributed by atoms with Crippen LogP contribution >= 0.6 is 0 Å². The summed E-state index contributed by atoms with van der Waals surface area (Å²) in [4.78, 5) is 18.3. The highest BCUT2D eigenvalue weighted by atomic mass is 16.2. The zero-order valence-corrected chi connectivity index (χ0v) is 16.1. The molecule has 1 aliphatic heterocycles. The van der Waals surface area contributed by atoms with E-state index in [0.717, 1.165) is 48.4 Å². The standard InChI is InChI=1S/C25H26N2O/c28-25(24-12-6-10-20-9-4-5-11-23(20)24)27-16-15-26(21-13-14-21)18-22(27)17-19-7-2-1-3-8-19/h1-12,21-22H,13-18H2. The fourth-order valence-corrected chi connectivity index (χ4v) is 4.55. The number of hydrogen-bond acceptors (Lipinski definition) is 2. The molecule has 5 rings (SSSR count). The van der Waals surface area contributed by atoms with Crippen LogP contribution in [0.4, 0.5) is 0 Å². The lowest BCUT2D eigenvalue weighted by Crippen LogP contribution is -2.56. The lowest BCUT2D eigenvalue weighted by atomic mass is 9.98. The number of hydrogen-bond donors (Lipinski definition) is 0. The zero-order valence-electron chi connectivity index (χ0n) is 16.1. The topological polar surface area (TPSA) is 23.6 Å². The van der Waals surface area contributed by atoms with E-state index in [9.17, 15) is 4.79 Å². The summed E-state index contributed by atoms with van der Waals surface area (Å²) in [6.45, 7) is 2.79. The van der Waals surface area contributed by atoms with E-state index in [-0.39, 0.29) is 11.9 Å². The molecule has 142 valence electrons. The summed E-state index contributed by atoms with van der Waals surface area (Å²) < 4.78 is 0. The summed E-state index contributed by atoms with van der Waals surface area (Å²) in [5.41, 5.74) is 2.14. The molecule has 2 fully saturated rings. The Morgan fingerprint density at radius 2 is 1.61 bits per heavy atom. The first kappa shape index (κ1) is 17.4. The van der Waals surface area contributed by atoms with Crippen LogP contribution in [-0.2, 0) is 6.42 Å². The van der Waals surface area contributed by atoms with E-state index >= 15 is 0 Å². The van der Waals surface area contributed by atoms with Crippen LogP contribution in [0.1, 0.15) is 28.8 Å². The number of nitrogens with zero attached hydrogens (tertiary/aromatic N) is 2. The molecule has 3 aromatic carbocycles. The molecule has 0 spiro atoms. The van der Waals surface area contributed by atoms with Gasteiger partial charge in [0.2, 0.25) is 0 Å². The molecule has 1 saturated carbocycles. The molecule has 1 heterocycles. The van der Waals surface area contributed by atoms with Gasteiger partial charge in [0.25, 0.3) is 5.91 Å². The van der Waals surface area contributed by atoms with Crippen molar-refractivity contribution in [2.45, 2.75) is 31.3 Å². The molecule has 3 heteroatoms. The predicted molar refractivity (Wildman–Crippen MR) is 114 cm³/mol. The summed E-state index contributed by atoms with van der Waals surface area (Å²) in [7, 11) is 0. The number of rotatable bonds is 4. The van der Waals surface area contributed by atoms with Gasteiger partial charge in [-0.1, -0.05) is 66.7 Å². The molecule has 1 unspecified atom stereocenters. The minimum atomic E-state index is 0.174. The molecule has 0 N–H and O–H groups in total. The molecular weight excluding hydrogens is 344 g/mol. The van der Waals surface area contributed by atoms with E-state index in [0.29, 0.717) is 0 Å². The third kappa shape index (κ3) is 3.43. The molecule has 28 heavy (non-hydrogen) atoms. The van der Waals surface area contributed by atoms with Gasteiger partial charge in [-0.15, -0.1) is 0 Å². The van der Waals surface area contributed by atoms with E-state index < -0.39 is 0 Å². The van der Waals surface area contributed by atoms with Gasteiger partial charge >= 0.3 is 0 Å². The highest BCUT2D eigenvalue weighted by molar-refractivity contribution is 6.07. The maximum atomic E-state index is 13.6. The van der Waals surface area contributed by atoms with Crippen molar-refractivity contribution in [1.29, 1.82) is 0 Å². The van der Waals surface area contributed by atoms with E-state index in [2.05, 4.69) is 58.3 Å². The molecule has 1 atom stereocenters. The van der Waals surface area contributed by atoms with Gasteiger partial charge in [0.15, 0.2) is 0 Å². The second kappa shape index (κ2) is 7.40. The predicted octanol–water partition coefficient (Wildman–Crippen LogP) is 4.37. The lowest BCUT2D eigenvalue weighted by molar-refractivity contribution is 0.0439. The number of fused-ring (bicyclic) bond motifs is 1. The second-order valence-corrected chi connectivity index (χ2v) is 8.09. The van der Waals surface area contributed by atoms with Crippen LogP contribution in [0, 0.1) is 0 Å². The average molecular weight is 370 g/mol. The quantitative estimate of drug-likeness (QED) is 0.681. The first-order valence-corrected chi connectivity index (χ1v) is 10.4. The Balaban J connectivity index is 1.46. The Bertz CT molecular complexity index is 975. The zero-order chi connectivity index (χ0) is 18.9. The van der Waals surface area contributed by atoms with E-state index in [1.165, 1.54) is 18.4 Å². The van der Waals surface area contributed by atoms with Crippen molar-refractivity contribution in [1.82, 2.24) is 9.80 Å². The van der Waals surface area contributed by atoms with Crippen LogP contribution in [0.3, 0.4) is 0 Å². The van der Waals surface area contributed by atoms with Gasteiger partial charge < -0.3 is 4.90 Å². The van der Waals surface area contributed by atoms with Crippen LogP contribution in [-0.4, -0.2) is 47.4 Å². The van der Waals surface area contributed by atoms with Gasteiger partial charge in [-0.3, -0.25) is 9.69 Å². The van der Waals surface area contributed by atoms with Gasteiger partial charge in [0.1, 0.15) is 0 Å². The van der Waals surface area contributed by atoms with Crippen LogP contribution in [0.25, 0.3) is 10.8 Å². The number of carbonyl (C=O) groups is 1. The van der Waals surface area contributed by atoms with Crippen molar-refractivity contribution in [3.05, 3.63) is 83.9 Å². The Labute approximate surface area is 166 Å². The summed E-state index contributed by atoms with van der Waals surface area (Å²) in [6.07, 6.45) is 3.55. The van der Waals surface area contributed by atoms with Crippen molar-refractivity contribution in [2.75, 3.05) is 19.6 Å². The maximum absolute atomic E-state index is 13.6. The smallest absolute Gasteiger partial charge is 0.254 e. The maximum Gasteiger partial charge on any atom is 0.254 e. The molecule has 0 aromatic heterocycles. The van der Waals surface area contributed by atoms with Crippen molar-refractivity contribution < 1.29 is 4.79 Å². The van der Waals surface area contributed by atoms with Crippen molar-refractivity contribution in [3.63, 3.8) is 0 Å². The molecule has 3 nitrogen and oxygen atoms in total. The summed E-state index contributed by atoms with van der Waals surface area (Å²) in [5.74, 6) is 0.174. The molecule has 1 amide bonds. The van der Waals surface area contributed by atoms with Gasteiger partial charge in [0, 0.05) is 37.3 Å². The third-order valence-corrected chi connectivity index (χ3v) is 6.17. The summed E-state index contributed by atoms with van der Waals surface area (Å²) in [6, 6.07) is 25.8. The molecule has 1 aliphatic carbocycles. The number of carbonyl (C=O) groups excluding carboxylic acids is 1. The summed E-state index contributed by atoms with van der Waals surface area (Å²) in [5, 5.41) is 2.18. The first-order valence-electron chi connectivity index (χ1n) is 10.4. The fraction of sp³-hybridized carbons (Fsp3) is 0.320. The normalized spacial score (nSPS) is 20.4. The van der Waals surface area contributed by atoms with Crippen LogP contribution in [0.15, 0.2) is 72.8 Å². The van der Waals surface area contributed by atoms with E-state index in [1.807, 2.05) is 24.3 Å². The van der Waals surface area contributed by atoms with Gasteiger partial charge in [-0.25, -0.2) is 0 Å². The SMILES string of the molecule is O=C(c1cccc2ccccc12)N1CCN(C2CC2)CC1Cc1ccccc1. The molecular formula is C25H26N2O. The minimum absolute atomic E-state index is 0.174. The molecule has 0 radical (unpaired) electrons. The van der Waals surface area contributed by atoms with Gasteiger partial charge in [-0.2, -0.15) is 0 Å². The number of amides is 1. The average Bonchev–Trinajstić information content (AvgIpc) is 3.59. The van der Waals surface area contributed by atoms with Gasteiger partial charge in [0.05, 0.1) is 0 Å². The van der Waals surface area contributed by atoms with Gasteiger partial charge in [-0.05, 0) is 41.7 Å². The van der Waals surface area contributed by atoms with Crippen LogP contribution in [0.5, 0.6) is 0 Å². The lowest BCUT2D eigenvalue weighted by Gasteiger charge is -2.42. The highest BCUT2D eigenvalue weighted by Gasteiger charge is 2.37. The van der Waals surface area contributed by atoms with Crippen molar-refractivity contribution in [3.8, 4) is 0 Å². The number of benzene rings is 3. The van der Waals surface area contributed by atoms with E-state index in [4.69, 9.17) is 0 Å². The highest BCUT2D eigenvalue weighted by Crippen LogP contribution is 2.30. The Morgan fingerprint density at radius 3 is 2.43 bits per heavy atom. The molecule has 2 aliphatic rings. The van der Waals surface area contributed by atoms with Crippen molar-refractivity contribution in [2.24, 2.45) is 0 Å². The molecule has 1 saturated heterocycles. The number of piperazine rings is 1. The largest absolute Gasteiger partial charge is 0.333 e. The monoisotopic (exact) mass is 370 g/mol. The van der Waals surface area contributed by atoms with Crippen LogP contribution < -0.4 is 0 Å². The Kier molecular flexibility index (Phi) is 4.61. The summed E-state index contributed by atoms with van der Waals surface area (Å²) >= 11 is 0. The molecule has 0 bridgehead atoms. The fourth-order valence-electron chi connectivity index (χ4n) is 4.55. The van der Waals surface area contributed by atoms with E-state index in [1.54, 1.807) is 0 Å².